The molecule has 0 bridgehead atoms. The Morgan fingerprint density at radius 3 is 2.80 bits per heavy atom. The van der Waals surface area contributed by atoms with Crippen molar-refractivity contribution in [1.29, 1.82) is 0 Å². The van der Waals surface area contributed by atoms with E-state index in [1.807, 2.05) is 0 Å². The number of rotatable bonds is 4. The third kappa shape index (κ3) is 2.59. The molecule has 1 aromatic rings. The molecule has 3 rings (SSSR count). The number of carbonyl (C=O) groups excluding carboxylic acids is 1. The van der Waals surface area contributed by atoms with E-state index in [1.54, 1.807) is 0 Å². The highest BCUT2D eigenvalue weighted by molar-refractivity contribution is 5.77. The van der Waals surface area contributed by atoms with Gasteiger partial charge in [-0.1, -0.05) is 42.7 Å². The third-order valence-corrected chi connectivity index (χ3v) is 4.81. The minimum atomic E-state index is -0.0997. The smallest absolute Gasteiger partial charge is 0.323 e. The van der Waals surface area contributed by atoms with Gasteiger partial charge in [-0.3, -0.25) is 4.79 Å². The van der Waals surface area contributed by atoms with E-state index < -0.39 is 0 Å². The maximum absolute atomic E-state index is 11.6. The van der Waals surface area contributed by atoms with Crippen LogP contribution in [0.25, 0.3) is 0 Å². The van der Waals surface area contributed by atoms with E-state index in [9.17, 15) is 4.79 Å². The molecule has 2 aliphatic rings. The van der Waals surface area contributed by atoms with Crippen molar-refractivity contribution in [3.8, 4) is 0 Å². The van der Waals surface area contributed by atoms with Crippen LogP contribution in [-0.2, 0) is 14.9 Å². The summed E-state index contributed by atoms with van der Waals surface area (Å²) in [4.78, 5) is 11.6. The second kappa shape index (κ2) is 5.57. The molecule has 1 heterocycles. The maximum Gasteiger partial charge on any atom is 0.323 e. The molecule has 1 atom stereocenters. The molecule has 3 nitrogen and oxygen atoms in total. The molecule has 1 aliphatic carbocycles. The first-order valence-corrected chi connectivity index (χ1v) is 7.67. The number of esters is 1. The van der Waals surface area contributed by atoms with Crippen LogP contribution in [0.15, 0.2) is 24.3 Å². The minimum absolute atomic E-state index is 0.0811. The SMILES string of the molecule is Cc1cccc(C2(CN[C@@H]3CCOC3=O)CCCC2)c1. The number of nitrogens with one attached hydrogen (secondary N) is 1. The van der Waals surface area contributed by atoms with E-state index in [-0.39, 0.29) is 17.4 Å². The fourth-order valence-electron chi connectivity index (χ4n) is 3.59. The first-order chi connectivity index (χ1) is 9.70. The second-order valence-corrected chi connectivity index (χ2v) is 6.25. The van der Waals surface area contributed by atoms with Crippen LogP contribution in [-0.4, -0.2) is 25.2 Å². The van der Waals surface area contributed by atoms with Crippen molar-refractivity contribution in [2.45, 2.75) is 50.5 Å². The van der Waals surface area contributed by atoms with Gasteiger partial charge in [0.15, 0.2) is 0 Å². The minimum Gasteiger partial charge on any atom is -0.464 e. The summed E-state index contributed by atoms with van der Waals surface area (Å²) < 4.78 is 5.04. The Labute approximate surface area is 120 Å². The highest BCUT2D eigenvalue weighted by atomic mass is 16.5. The van der Waals surface area contributed by atoms with Gasteiger partial charge in [0, 0.05) is 18.4 Å². The summed E-state index contributed by atoms with van der Waals surface area (Å²) in [7, 11) is 0. The standard InChI is InChI=1S/C17H23NO2/c1-13-5-4-6-14(11-13)17(8-2-3-9-17)12-18-15-7-10-20-16(15)19/h4-6,11,15,18H,2-3,7-10,12H2,1H3/t15-/m1/s1. The fourth-order valence-corrected chi connectivity index (χ4v) is 3.59. The number of aryl methyl sites for hydroxylation is 1. The molecule has 1 saturated carbocycles. The van der Waals surface area contributed by atoms with Gasteiger partial charge in [-0.15, -0.1) is 0 Å². The molecule has 1 aliphatic heterocycles. The van der Waals surface area contributed by atoms with Crippen LogP contribution >= 0.6 is 0 Å². The van der Waals surface area contributed by atoms with Gasteiger partial charge in [0.1, 0.15) is 6.04 Å². The summed E-state index contributed by atoms with van der Waals surface area (Å²) in [6.07, 6.45) is 5.80. The van der Waals surface area contributed by atoms with Gasteiger partial charge < -0.3 is 10.1 Å². The zero-order valence-electron chi connectivity index (χ0n) is 12.2. The van der Waals surface area contributed by atoms with Crippen molar-refractivity contribution in [1.82, 2.24) is 5.32 Å². The van der Waals surface area contributed by atoms with Crippen LogP contribution in [0.3, 0.4) is 0 Å². The Hall–Kier alpha value is -1.35. The first-order valence-electron chi connectivity index (χ1n) is 7.67. The van der Waals surface area contributed by atoms with Gasteiger partial charge in [0.05, 0.1) is 6.61 Å². The van der Waals surface area contributed by atoms with Crippen LogP contribution in [0.4, 0.5) is 0 Å². The summed E-state index contributed by atoms with van der Waals surface area (Å²) in [5.74, 6) is -0.0811. The van der Waals surface area contributed by atoms with Gasteiger partial charge in [0.2, 0.25) is 0 Å². The lowest BCUT2D eigenvalue weighted by atomic mass is 9.78. The Morgan fingerprint density at radius 2 is 2.15 bits per heavy atom. The largest absolute Gasteiger partial charge is 0.464 e. The topological polar surface area (TPSA) is 38.3 Å². The lowest BCUT2D eigenvalue weighted by molar-refractivity contribution is -0.139. The zero-order chi connectivity index (χ0) is 14.0. The van der Waals surface area contributed by atoms with Crippen LogP contribution in [0.2, 0.25) is 0 Å². The average Bonchev–Trinajstić information content (AvgIpc) is 3.06. The van der Waals surface area contributed by atoms with Gasteiger partial charge in [-0.2, -0.15) is 0 Å². The highest BCUT2D eigenvalue weighted by Crippen LogP contribution is 2.41. The molecule has 1 N–H and O–H groups in total. The number of benzene rings is 1. The van der Waals surface area contributed by atoms with Crippen molar-refractivity contribution in [2.75, 3.05) is 13.2 Å². The van der Waals surface area contributed by atoms with Crippen molar-refractivity contribution >= 4 is 5.97 Å². The Balaban J connectivity index is 1.76. The number of hydrogen-bond acceptors (Lipinski definition) is 3. The van der Waals surface area contributed by atoms with Gasteiger partial charge >= 0.3 is 5.97 Å². The lowest BCUT2D eigenvalue weighted by Gasteiger charge is -2.31. The van der Waals surface area contributed by atoms with Crippen LogP contribution < -0.4 is 5.32 Å². The monoisotopic (exact) mass is 273 g/mol. The van der Waals surface area contributed by atoms with Crippen molar-refractivity contribution in [3.63, 3.8) is 0 Å². The normalized spacial score (nSPS) is 24.9. The Kier molecular flexibility index (Phi) is 3.79. The first kappa shape index (κ1) is 13.6. The molecular formula is C17H23NO2. The number of cyclic esters (lactones) is 1. The van der Waals surface area contributed by atoms with E-state index >= 15 is 0 Å². The average molecular weight is 273 g/mol. The molecule has 2 fully saturated rings. The van der Waals surface area contributed by atoms with Crippen LogP contribution in [0.1, 0.15) is 43.2 Å². The quantitative estimate of drug-likeness (QED) is 0.857. The molecule has 1 saturated heterocycles. The summed E-state index contributed by atoms with van der Waals surface area (Å²) in [5, 5.41) is 3.46. The predicted molar refractivity (Wildman–Crippen MR) is 78.7 cm³/mol. The zero-order valence-corrected chi connectivity index (χ0v) is 12.2. The Morgan fingerprint density at radius 1 is 1.35 bits per heavy atom. The Bertz CT molecular complexity index is 492. The summed E-state index contributed by atoms with van der Waals surface area (Å²) in [6, 6.07) is 8.74. The fraction of sp³-hybridized carbons (Fsp3) is 0.588. The van der Waals surface area contributed by atoms with Crippen molar-refractivity contribution < 1.29 is 9.53 Å². The summed E-state index contributed by atoms with van der Waals surface area (Å²) in [6.45, 7) is 3.60. The molecule has 0 radical (unpaired) electrons. The molecule has 1 aromatic carbocycles. The van der Waals surface area contributed by atoms with Gasteiger partial charge in [-0.05, 0) is 25.3 Å². The summed E-state index contributed by atoms with van der Waals surface area (Å²) >= 11 is 0. The number of hydrogen-bond donors (Lipinski definition) is 1. The third-order valence-electron chi connectivity index (χ3n) is 4.81. The molecular weight excluding hydrogens is 250 g/mol. The second-order valence-electron chi connectivity index (χ2n) is 6.25. The maximum atomic E-state index is 11.6. The molecule has 0 aromatic heterocycles. The molecule has 3 heteroatoms. The lowest BCUT2D eigenvalue weighted by Crippen LogP contribution is -2.43. The van der Waals surface area contributed by atoms with E-state index in [0.29, 0.717) is 6.61 Å². The van der Waals surface area contributed by atoms with E-state index in [2.05, 4.69) is 36.5 Å². The predicted octanol–water partition coefficient (Wildman–Crippen LogP) is 2.71. The van der Waals surface area contributed by atoms with Crippen LogP contribution in [0.5, 0.6) is 0 Å². The highest BCUT2D eigenvalue weighted by Gasteiger charge is 2.37. The van der Waals surface area contributed by atoms with Crippen LogP contribution in [0, 0.1) is 6.92 Å². The van der Waals surface area contributed by atoms with Gasteiger partial charge in [0.25, 0.3) is 0 Å². The molecule has 0 amide bonds. The number of carbonyl (C=O) groups is 1. The molecule has 20 heavy (non-hydrogen) atoms. The van der Waals surface area contributed by atoms with Gasteiger partial charge in [-0.25, -0.2) is 0 Å². The number of ether oxygens (including phenoxy) is 1. The summed E-state index contributed by atoms with van der Waals surface area (Å²) in [5.41, 5.74) is 2.94. The van der Waals surface area contributed by atoms with Crippen molar-refractivity contribution in [2.24, 2.45) is 0 Å². The molecule has 108 valence electrons. The molecule has 0 spiro atoms. The van der Waals surface area contributed by atoms with E-state index in [0.717, 1.165) is 13.0 Å². The van der Waals surface area contributed by atoms with Crippen molar-refractivity contribution in [3.05, 3.63) is 35.4 Å². The molecule has 0 unspecified atom stereocenters. The van der Waals surface area contributed by atoms with E-state index in [4.69, 9.17) is 4.74 Å². The van der Waals surface area contributed by atoms with E-state index in [1.165, 1.54) is 36.8 Å².